The summed E-state index contributed by atoms with van der Waals surface area (Å²) in [6, 6.07) is 9.83. The summed E-state index contributed by atoms with van der Waals surface area (Å²) in [4.78, 5) is -0.528. The Bertz CT molecular complexity index is 907. The molecule has 0 bridgehead atoms. The summed E-state index contributed by atoms with van der Waals surface area (Å²) in [7, 11) is 0. The smallest absolute Gasteiger partial charge is 0.192 e. The molecule has 0 amide bonds. The second-order valence-electron chi connectivity index (χ2n) is 5.14. The van der Waals surface area contributed by atoms with E-state index >= 15 is 0 Å². The largest absolute Gasteiger partial charge is 0.460 e. The first-order valence-electron chi connectivity index (χ1n) is 6.81. The molecule has 0 atom stereocenters. The van der Waals surface area contributed by atoms with Crippen molar-refractivity contribution in [3.05, 3.63) is 50.9 Å². The number of hydrogen-bond donors (Lipinski definition) is 0. The first-order chi connectivity index (χ1) is 12.3. The molecule has 0 saturated carbocycles. The quantitative estimate of drug-likeness (QED) is 0.296. The van der Waals surface area contributed by atoms with Crippen LogP contribution >= 0.6 is 43.6 Å². The summed E-state index contributed by atoms with van der Waals surface area (Å²) in [5.41, 5.74) is 0.311. The molecule has 0 fully saturated rings. The van der Waals surface area contributed by atoms with Crippen molar-refractivity contribution in [3.63, 3.8) is 0 Å². The highest BCUT2D eigenvalue weighted by molar-refractivity contribution is 9.11. The average molecular weight is 537 g/mol. The molecule has 0 aromatic heterocycles. The molecule has 0 heterocycles. The van der Waals surface area contributed by atoms with Gasteiger partial charge in [-0.25, -0.2) is 0 Å². The third-order valence-electron chi connectivity index (χ3n) is 3.26. The fourth-order valence-electron chi connectivity index (χ4n) is 2.02. The number of thioether (sulfide) groups is 1. The Morgan fingerprint density at radius 2 is 1.56 bits per heavy atom. The van der Waals surface area contributed by atoms with E-state index in [4.69, 9.17) is 5.26 Å². The van der Waals surface area contributed by atoms with Crippen molar-refractivity contribution < 1.29 is 30.7 Å². The van der Waals surface area contributed by atoms with Gasteiger partial charge in [0.1, 0.15) is 0 Å². The fraction of sp³-hybridized carbons (Fsp3) is 0.188. The highest BCUT2D eigenvalue weighted by atomic mass is 79.9. The minimum Gasteiger partial charge on any atom is -0.192 e. The van der Waals surface area contributed by atoms with Gasteiger partial charge in [0, 0.05) is 19.4 Å². The molecule has 11 heteroatoms. The van der Waals surface area contributed by atoms with Crippen molar-refractivity contribution in [3.8, 4) is 17.2 Å². The minimum absolute atomic E-state index is 0.0436. The van der Waals surface area contributed by atoms with Crippen LogP contribution < -0.4 is 0 Å². The molecule has 0 saturated heterocycles. The summed E-state index contributed by atoms with van der Waals surface area (Å²) in [5.74, 6) is -6.24. The molecule has 0 aliphatic carbocycles. The van der Waals surface area contributed by atoms with Crippen LogP contribution in [0.15, 0.2) is 50.2 Å². The van der Waals surface area contributed by atoms with E-state index in [1.165, 1.54) is 30.3 Å². The molecule has 2 aromatic rings. The van der Waals surface area contributed by atoms with E-state index in [9.17, 15) is 30.7 Å². The van der Waals surface area contributed by atoms with Crippen LogP contribution in [0.2, 0.25) is 0 Å². The highest BCUT2D eigenvalue weighted by Crippen LogP contribution is 2.56. The summed E-state index contributed by atoms with van der Waals surface area (Å²) in [6.07, 6.45) is -6.42. The van der Waals surface area contributed by atoms with Crippen LogP contribution in [-0.4, -0.2) is 17.4 Å². The second kappa shape index (κ2) is 7.64. The van der Waals surface area contributed by atoms with Gasteiger partial charge >= 0.3 is 17.4 Å². The SMILES string of the molecule is N#Cc1cccc(-c2c(Br)cc(Br)cc2SC(F)(F)C(F)(F)C(F)(F)F)c1. The number of nitriles is 1. The maximum atomic E-state index is 13.9. The molecule has 0 spiro atoms. The highest BCUT2D eigenvalue weighted by Gasteiger charge is 2.73. The molecular weight excluding hydrogens is 531 g/mol. The second-order valence-corrected chi connectivity index (χ2v) is 8.07. The predicted octanol–water partition coefficient (Wildman–Crippen LogP) is 7.63. The van der Waals surface area contributed by atoms with Crippen molar-refractivity contribution >= 4 is 43.6 Å². The van der Waals surface area contributed by atoms with Gasteiger partial charge in [-0.3, -0.25) is 0 Å². The summed E-state index contributed by atoms with van der Waals surface area (Å²) >= 11 is 5.19. The summed E-state index contributed by atoms with van der Waals surface area (Å²) < 4.78 is 92.0. The molecule has 0 radical (unpaired) electrons. The van der Waals surface area contributed by atoms with Gasteiger partial charge in [-0.1, -0.05) is 44.0 Å². The zero-order valence-electron chi connectivity index (χ0n) is 12.7. The van der Waals surface area contributed by atoms with Crippen LogP contribution in [-0.2, 0) is 0 Å². The molecule has 0 N–H and O–H groups in total. The first kappa shape index (κ1) is 22.0. The lowest BCUT2D eigenvalue weighted by atomic mass is 10.0. The van der Waals surface area contributed by atoms with Crippen molar-refractivity contribution in [2.24, 2.45) is 0 Å². The predicted molar refractivity (Wildman–Crippen MR) is 93.8 cm³/mol. The van der Waals surface area contributed by atoms with Crippen molar-refractivity contribution in [1.29, 1.82) is 5.26 Å². The normalized spacial score (nSPS) is 12.7. The van der Waals surface area contributed by atoms with Crippen LogP contribution in [0, 0.1) is 11.3 Å². The van der Waals surface area contributed by atoms with Crippen LogP contribution in [0.5, 0.6) is 0 Å². The van der Waals surface area contributed by atoms with Gasteiger partial charge in [-0.2, -0.15) is 36.0 Å². The number of alkyl halides is 7. The molecule has 0 aliphatic heterocycles. The van der Waals surface area contributed by atoms with Crippen LogP contribution in [0.4, 0.5) is 30.7 Å². The number of rotatable bonds is 4. The molecule has 27 heavy (non-hydrogen) atoms. The third-order valence-corrected chi connectivity index (χ3v) is 5.40. The van der Waals surface area contributed by atoms with Gasteiger partial charge in [-0.15, -0.1) is 0 Å². The van der Waals surface area contributed by atoms with E-state index in [1.807, 2.05) is 6.07 Å². The van der Waals surface area contributed by atoms with Crippen molar-refractivity contribution in [2.75, 3.05) is 0 Å². The zero-order chi connectivity index (χ0) is 20.6. The van der Waals surface area contributed by atoms with Gasteiger partial charge < -0.3 is 0 Å². The first-order valence-corrected chi connectivity index (χ1v) is 9.21. The minimum atomic E-state index is -6.42. The molecule has 2 rings (SSSR count). The van der Waals surface area contributed by atoms with E-state index in [1.54, 1.807) is 0 Å². The fourth-order valence-corrected chi connectivity index (χ4v) is 4.79. The summed E-state index contributed by atoms with van der Waals surface area (Å²) in [5, 5.41) is 3.49. The number of halogens is 9. The number of benzene rings is 2. The van der Waals surface area contributed by atoms with Gasteiger partial charge in [0.2, 0.25) is 0 Å². The standard InChI is InChI=1S/C16H6Br2F7NS/c17-10-5-11(18)13(9-3-1-2-8(4-9)7-26)12(6-10)27-16(24,25)14(19,20)15(21,22)23/h1-6H. The molecular formula is C16H6Br2F7NS. The number of nitrogens with zero attached hydrogens (tertiary/aromatic N) is 1. The Labute approximate surface area is 169 Å². The van der Waals surface area contributed by atoms with Gasteiger partial charge in [0.15, 0.2) is 0 Å². The maximum absolute atomic E-state index is 13.9. The Morgan fingerprint density at radius 1 is 0.926 bits per heavy atom. The third kappa shape index (κ3) is 4.43. The van der Waals surface area contributed by atoms with Gasteiger partial charge in [-0.05, 0) is 41.6 Å². The average Bonchev–Trinajstić information content (AvgIpc) is 2.52. The van der Waals surface area contributed by atoms with Gasteiger partial charge in [0.25, 0.3) is 0 Å². The maximum Gasteiger partial charge on any atom is 0.460 e. The van der Waals surface area contributed by atoms with Crippen molar-refractivity contribution in [1.82, 2.24) is 0 Å². The van der Waals surface area contributed by atoms with Gasteiger partial charge in [0.05, 0.1) is 11.6 Å². The van der Waals surface area contributed by atoms with E-state index in [0.29, 0.717) is 0 Å². The molecule has 0 unspecified atom stereocenters. The molecule has 1 nitrogen and oxygen atoms in total. The lowest BCUT2D eigenvalue weighted by Gasteiger charge is -2.28. The van der Waals surface area contributed by atoms with E-state index < -0.39 is 34.0 Å². The Kier molecular flexibility index (Phi) is 6.24. The lowest BCUT2D eigenvalue weighted by molar-refractivity contribution is -0.330. The Hall–Kier alpha value is -1.25. The summed E-state index contributed by atoms with van der Waals surface area (Å²) in [6.45, 7) is 0. The topological polar surface area (TPSA) is 23.8 Å². The number of hydrogen-bond acceptors (Lipinski definition) is 2. The Balaban J connectivity index is 2.63. The van der Waals surface area contributed by atoms with Crippen molar-refractivity contribution in [2.45, 2.75) is 22.2 Å². The molecule has 2 aromatic carbocycles. The van der Waals surface area contributed by atoms with Crippen LogP contribution in [0.25, 0.3) is 11.1 Å². The molecule has 0 aliphatic rings. The van der Waals surface area contributed by atoms with Crippen LogP contribution in [0.3, 0.4) is 0 Å². The Morgan fingerprint density at radius 3 is 2.11 bits per heavy atom. The van der Waals surface area contributed by atoms with E-state index in [-0.39, 0.29) is 25.6 Å². The van der Waals surface area contributed by atoms with Crippen LogP contribution in [0.1, 0.15) is 5.56 Å². The molecule has 144 valence electrons. The lowest BCUT2D eigenvalue weighted by Crippen LogP contribution is -2.49. The van der Waals surface area contributed by atoms with E-state index in [2.05, 4.69) is 31.9 Å². The van der Waals surface area contributed by atoms with E-state index in [0.717, 1.165) is 6.07 Å². The zero-order valence-corrected chi connectivity index (χ0v) is 16.7. The monoisotopic (exact) mass is 535 g/mol.